The standard InChI is InChI=1S/C45H52N8O8/c1-27-23-39(53(26-27)43(55)29(3)48-45(57)61-34-16-21-59-22-17-34)40-46-25-37(51-40)32-11-8-30(9-12-32)6-7-31-10-13-35-36(24-31)50-41(49-35)38-5-4-18-52(38)42(54)28(2)47-44(56)60-33-14-19-58-20-15-33/h8-13,24-25,28-29,33-34,38-39H,1,4-5,14-23,26H2,2-3H3,(H,46,51)(H,47,56)(H,48,57)(H,49,50)/t28-,29-,38-,39-/m0/s1. The maximum absolute atomic E-state index is 13.5. The molecule has 61 heavy (non-hydrogen) atoms. The van der Waals surface area contributed by atoms with E-state index in [4.69, 9.17) is 23.9 Å². The zero-order valence-corrected chi connectivity index (χ0v) is 34.5. The van der Waals surface area contributed by atoms with Gasteiger partial charge in [-0.3, -0.25) is 9.59 Å². The van der Waals surface area contributed by atoms with Crippen LogP contribution in [0.5, 0.6) is 0 Å². The van der Waals surface area contributed by atoms with E-state index in [0.29, 0.717) is 83.3 Å². The first-order valence-corrected chi connectivity index (χ1v) is 21.1. The molecule has 2 aromatic carbocycles. The van der Waals surface area contributed by atoms with Crippen LogP contribution in [0.4, 0.5) is 9.59 Å². The second-order valence-electron chi connectivity index (χ2n) is 16.2. The normalized spacial score (nSPS) is 20.8. The van der Waals surface area contributed by atoms with E-state index >= 15 is 0 Å². The highest BCUT2D eigenvalue weighted by atomic mass is 16.6. The van der Waals surface area contributed by atoms with Crippen LogP contribution in [0.15, 0.2) is 60.8 Å². The zero-order chi connectivity index (χ0) is 42.5. The molecule has 0 bridgehead atoms. The van der Waals surface area contributed by atoms with Crippen LogP contribution in [-0.4, -0.2) is 118 Å². The molecule has 320 valence electrons. The lowest BCUT2D eigenvalue weighted by Crippen LogP contribution is -2.47. The fraction of sp³-hybridized carbons (Fsp3) is 0.467. The average Bonchev–Trinajstić information content (AvgIpc) is 4.09. The molecule has 16 heteroatoms. The highest BCUT2D eigenvalue weighted by Crippen LogP contribution is 2.35. The number of carbonyl (C=O) groups excluding carboxylic acids is 4. The number of ether oxygens (including phenoxy) is 4. The zero-order valence-electron chi connectivity index (χ0n) is 34.5. The van der Waals surface area contributed by atoms with Gasteiger partial charge >= 0.3 is 12.2 Å². The minimum Gasteiger partial charge on any atom is -0.446 e. The molecular weight excluding hydrogens is 781 g/mol. The molecule has 0 aliphatic carbocycles. The van der Waals surface area contributed by atoms with Gasteiger partial charge in [0.25, 0.3) is 0 Å². The van der Waals surface area contributed by atoms with Gasteiger partial charge in [0.2, 0.25) is 11.8 Å². The summed E-state index contributed by atoms with van der Waals surface area (Å²) in [5, 5.41) is 5.40. The highest BCUT2D eigenvalue weighted by molar-refractivity contribution is 5.87. The van der Waals surface area contributed by atoms with Crippen LogP contribution in [0.1, 0.15) is 93.7 Å². The fourth-order valence-electron chi connectivity index (χ4n) is 8.32. The highest BCUT2D eigenvalue weighted by Gasteiger charge is 2.38. The average molecular weight is 833 g/mol. The molecule has 4 atom stereocenters. The van der Waals surface area contributed by atoms with Crippen molar-refractivity contribution in [1.82, 2.24) is 40.4 Å². The quantitative estimate of drug-likeness (QED) is 0.125. The molecule has 8 rings (SSSR count). The second-order valence-corrected chi connectivity index (χ2v) is 16.2. The van der Waals surface area contributed by atoms with Gasteiger partial charge in [-0.2, -0.15) is 0 Å². The van der Waals surface area contributed by atoms with Gasteiger partial charge in [-0.1, -0.05) is 36.1 Å². The molecule has 4 N–H and O–H groups in total. The molecule has 4 aromatic rings. The molecular formula is C45H52N8O8. The number of benzene rings is 2. The summed E-state index contributed by atoms with van der Waals surface area (Å²) in [7, 11) is 0. The number of amides is 4. The van der Waals surface area contributed by atoms with Crippen molar-refractivity contribution in [3.05, 3.63) is 83.6 Å². The summed E-state index contributed by atoms with van der Waals surface area (Å²) in [6, 6.07) is 11.5. The lowest BCUT2D eigenvalue weighted by Gasteiger charge is -2.27. The van der Waals surface area contributed by atoms with Crippen molar-refractivity contribution >= 4 is 35.0 Å². The Labute approximate surface area is 354 Å². The van der Waals surface area contributed by atoms with Crippen molar-refractivity contribution in [3.8, 4) is 23.1 Å². The maximum atomic E-state index is 13.5. The summed E-state index contributed by atoms with van der Waals surface area (Å²) in [4.78, 5) is 71.8. The Bertz CT molecular complexity index is 2320. The second kappa shape index (κ2) is 18.6. The van der Waals surface area contributed by atoms with Crippen LogP contribution >= 0.6 is 0 Å². The Kier molecular flexibility index (Phi) is 12.7. The van der Waals surface area contributed by atoms with Gasteiger partial charge in [0.05, 0.1) is 61.4 Å². The summed E-state index contributed by atoms with van der Waals surface area (Å²) in [6.07, 6.45) is 4.85. The van der Waals surface area contributed by atoms with Crippen LogP contribution < -0.4 is 10.6 Å². The first-order chi connectivity index (χ1) is 29.6. The third kappa shape index (κ3) is 9.90. The first-order valence-electron chi connectivity index (χ1n) is 21.1. The molecule has 2 aromatic heterocycles. The SMILES string of the molecule is C=C1C[C@@H](c2ncc(-c3ccc(C#Cc4ccc5nc([C@@H]6CCCN6C(=O)[C@H](C)NC(=O)OC6CCOCC6)[nH]c5c4)cc3)[nH]2)N(C(=O)[C@H](C)NC(=O)OC2CCOCC2)C1. The number of nitrogens with one attached hydrogen (secondary N) is 4. The molecule has 0 unspecified atom stereocenters. The number of alkyl carbamates (subject to hydrolysis) is 2. The summed E-state index contributed by atoms with van der Waals surface area (Å²) in [5.74, 6) is 7.43. The molecule has 0 spiro atoms. The van der Waals surface area contributed by atoms with Gasteiger partial charge in [-0.25, -0.2) is 19.6 Å². The van der Waals surface area contributed by atoms with Crippen molar-refractivity contribution in [3.63, 3.8) is 0 Å². The number of H-pyrrole nitrogens is 2. The third-order valence-corrected chi connectivity index (χ3v) is 11.6. The molecule has 4 amide bonds. The lowest BCUT2D eigenvalue weighted by molar-refractivity contribution is -0.134. The number of imidazole rings is 2. The van der Waals surface area contributed by atoms with E-state index in [9.17, 15) is 19.2 Å². The minimum atomic E-state index is -0.789. The van der Waals surface area contributed by atoms with Gasteiger partial charge in [0, 0.05) is 49.9 Å². The number of nitrogens with zero attached hydrogens (tertiary/aromatic N) is 4. The number of carbonyl (C=O) groups is 4. The fourth-order valence-corrected chi connectivity index (χ4v) is 8.32. The predicted molar refractivity (Wildman–Crippen MR) is 224 cm³/mol. The van der Waals surface area contributed by atoms with Crippen LogP contribution in [0.2, 0.25) is 0 Å². The van der Waals surface area contributed by atoms with E-state index in [0.717, 1.165) is 51.8 Å². The molecule has 4 saturated heterocycles. The van der Waals surface area contributed by atoms with Gasteiger partial charge in [-0.05, 0) is 69.0 Å². The Morgan fingerprint density at radius 3 is 2.05 bits per heavy atom. The van der Waals surface area contributed by atoms with Crippen LogP contribution in [0, 0.1) is 11.8 Å². The van der Waals surface area contributed by atoms with E-state index in [1.54, 1.807) is 29.8 Å². The first kappa shape index (κ1) is 41.5. The van der Waals surface area contributed by atoms with Gasteiger partial charge in [0.15, 0.2) is 0 Å². The van der Waals surface area contributed by atoms with Crippen molar-refractivity contribution in [1.29, 1.82) is 0 Å². The lowest BCUT2D eigenvalue weighted by atomic mass is 10.1. The summed E-state index contributed by atoms with van der Waals surface area (Å²) in [5.41, 5.74) is 5.85. The van der Waals surface area contributed by atoms with E-state index in [1.165, 1.54) is 0 Å². The summed E-state index contributed by atoms with van der Waals surface area (Å²) >= 11 is 0. The van der Waals surface area contributed by atoms with Crippen molar-refractivity contribution in [2.24, 2.45) is 0 Å². The van der Waals surface area contributed by atoms with E-state index in [-0.39, 0.29) is 36.1 Å². The molecule has 16 nitrogen and oxygen atoms in total. The number of fused-ring (bicyclic) bond motifs is 1. The Hall–Kier alpha value is -6.18. The topological polar surface area (TPSA) is 193 Å². The minimum absolute atomic E-state index is 0.179. The van der Waals surface area contributed by atoms with Gasteiger partial charge in [-0.15, -0.1) is 0 Å². The Balaban J connectivity index is 0.869. The van der Waals surface area contributed by atoms with E-state index in [1.807, 2.05) is 42.5 Å². The van der Waals surface area contributed by atoms with Gasteiger partial charge in [0.1, 0.15) is 35.9 Å². The number of hydrogen-bond donors (Lipinski definition) is 4. The number of hydrogen-bond acceptors (Lipinski definition) is 10. The number of aromatic nitrogens is 4. The number of likely N-dealkylation sites (tertiary alicyclic amines) is 2. The van der Waals surface area contributed by atoms with Crippen LogP contribution in [-0.2, 0) is 28.5 Å². The number of aromatic amines is 2. The van der Waals surface area contributed by atoms with E-state index < -0.39 is 24.3 Å². The Morgan fingerprint density at radius 2 is 1.39 bits per heavy atom. The van der Waals surface area contributed by atoms with Crippen LogP contribution in [0.3, 0.4) is 0 Å². The smallest absolute Gasteiger partial charge is 0.408 e. The van der Waals surface area contributed by atoms with E-state index in [2.05, 4.69) is 44.0 Å². The Morgan fingerprint density at radius 1 is 0.787 bits per heavy atom. The van der Waals surface area contributed by atoms with Crippen molar-refractivity contribution < 1.29 is 38.1 Å². The monoisotopic (exact) mass is 832 g/mol. The molecule has 0 radical (unpaired) electrons. The summed E-state index contributed by atoms with van der Waals surface area (Å²) in [6.45, 7) is 10.6. The van der Waals surface area contributed by atoms with Crippen LogP contribution in [0.25, 0.3) is 22.3 Å². The molecule has 4 aliphatic rings. The largest absolute Gasteiger partial charge is 0.446 e. The molecule has 4 fully saturated rings. The third-order valence-electron chi connectivity index (χ3n) is 11.6. The predicted octanol–water partition coefficient (Wildman–Crippen LogP) is 5.43. The molecule has 4 aliphatic heterocycles. The summed E-state index contributed by atoms with van der Waals surface area (Å²) < 4.78 is 21.7. The van der Waals surface area contributed by atoms with Crippen molar-refractivity contribution in [2.75, 3.05) is 39.5 Å². The molecule has 6 heterocycles. The number of rotatable bonds is 9. The van der Waals surface area contributed by atoms with Crippen molar-refractivity contribution in [2.45, 2.75) is 95.2 Å². The van der Waals surface area contributed by atoms with Gasteiger partial charge < -0.3 is 49.3 Å². The maximum Gasteiger partial charge on any atom is 0.408 e. The molecule has 0 saturated carbocycles.